The van der Waals surface area contributed by atoms with Crippen molar-refractivity contribution < 1.29 is 4.48 Å². The molecule has 1 aliphatic heterocycles. The molecule has 1 rings (SSSR count). The van der Waals surface area contributed by atoms with Crippen LogP contribution in [0, 0.1) is 0 Å². The molecule has 0 spiro atoms. The summed E-state index contributed by atoms with van der Waals surface area (Å²) in [6.07, 6.45) is 1.41. The Labute approximate surface area is 62.0 Å². The van der Waals surface area contributed by atoms with E-state index in [0.29, 0.717) is 0 Å². The zero-order valence-corrected chi connectivity index (χ0v) is 7.37. The quantitative estimate of drug-likeness (QED) is 0.501. The molecule has 2 heteroatoms. The highest BCUT2D eigenvalue weighted by atomic mass is 32.2. The number of nitrogens with zero attached hydrogens (tertiary/aromatic N) is 1. The predicted octanol–water partition coefficient (Wildman–Crippen LogP) is 1.20. The Kier molecular flexibility index (Phi) is 2.07. The van der Waals surface area contributed by atoms with Crippen LogP contribution in [0.4, 0.5) is 0 Å². The fourth-order valence-corrected chi connectivity index (χ4v) is 2.62. The molecule has 1 fully saturated rings. The lowest BCUT2D eigenvalue weighted by molar-refractivity contribution is -0.892. The summed E-state index contributed by atoms with van der Waals surface area (Å²) in [6.45, 7) is 0. The third-order valence-electron chi connectivity index (χ3n) is 2.00. The van der Waals surface area contributed by atoms with E-state index < -0.39 is 0 Å². The maximum atomic E-state index is 2.29. The molecule has 1 heterocycles. The van der Waals surface area contributed by atoms with Gasteiger partial charge in [0.05, 0.1) is 27.2 Å². The summed E-state index contributed by atoms with van der Waals surface area (Å²) in [4.78, 5) is 0. The monoisotopic (exact) mass is 146 g/mol. The summed E-state index contributed by atoms with van der Waals surface area (Å²) in [5.74, 6) is 2.74. The van der Waals surface area contributed by atoms with Gasteiger partial charge in [0.25, 0.3) is 0 Å². The van der Waals surface area contributed by atoms with Crippen LogP contribution in [-0.4, -0.2) is 43.2 Å². The summed E-state index contributed by atoms with van der Waals surface area (Å²) in [5.41, 5.74) is 0. The van der Waals surface area contributed by atoms with Gasteiger partial charge in [0, 0.05) is 12.2 Å². The molecule has 0 aromatic heterocycles. The van der Waals surface area contributed by atoms with Crippen molar-refractivity contribution in [1.29, 1.82) is 0 Å². The van der Waals surface area contributed by atoms with Crippen molar-refractivity contribution >= 4 is 11.8 Å². The van der Waals surface area contributed by atoms with E-state index in [-0.39, 0.29) is 0 Å². The Morgan fingerprint density at radius 2 is 2.00 bits per heavy atom. The fourth-order valence-electron chi connectivity index (χ4n) is 1.13. The molecule has 0 aromatic carbocycles. The van der Waals surface area contributed by atoms with Gasteiger partial charge in [0.2, 0.25) is 0 Å². The largest absolute Gasteiger partial charge is 0.328 e. The number of quaternary nitrogens is 1. The normalized spacial score (nSPS) is 29.0. The van der Waals surface area contributed by atoms with Crippen LogP contribution in [0.15, 0.2) is 0 Å². The summed E-state index contributed by atoms with van der Waals surface area (Å²) in [7, 11) is 6.86. The zero-order valence-electron chi connectivity index (χ0n) is 6.55. The number of hydrogen-bond acceptors (Lipinski definition) is 1. The molecule has 0 amide bonds. The van der Waals surface area contributed by atoms with Crippen LogP contribution in [0.3, 0.4) is 0 Å². The van der Waals surface area contributed by atoms with Gasteiger partial charge in [0.1, 0.15) is 0 Å². The Morgan fingerprint density at radius 1 is 1.33 bits per heavy atom. The number of thioether (sulfide) groups is 1. The predicted molar refractivity (Wildman–Crippen MR) is 43.8 cm³/mol. The van der Waals surface area contributed by atoms with Crippen molar-refractivity contribution in [2.75, 3.05) is 32.6 Å². The van der Waals surface area contributed by atoms with Crippen LogP contribution >= 0.6 is 11.8 Å². The van der Waals surface area contributed by atoms with E-state index in [2.05, 4.69) is 32.9 Å². The van der Waals surface area contributed by atoms with Crippen molar-refractivity contribution in [3.05, 3.63) is 0 Å². The minimum absolute atomic E-state index is 0.912. The van der Waals surface area contributed by atoms with Crippen LogP contribution in [0.1, 0.15) is 6.42 Å². The highest BCUT2D eigenvalue weighted by Crippen LogP contribution is 2.23. The zero-order chi connectivity index (χ0) is 6.91. The second-order valence-electron chi connectivity index (χ2n) is 3.63. The van der Waals surface area contributed by atoms with E-state index in [1.165, 1.54) is 17.9 Å². The summed E-state index contributed by atoms with van der Waals surface area (Å²) in [6, 6.07) is 0.912. The van der Waals surface area contributed by atoms with Crippen molar-refractivity contribution in [2.24, 2.45) is 0 Å². The second kappa shape index (κ2) is 2.51. The second-order valence-corrected chi connectivity index (χ2v) is 4.78. The van der Waals surface area contributed by atoms with Crippen molar-refractivity contribution in [2.45, 2.75) is 12.5 Å². The van der Waals surface area contributed by atoms with Gasteiger partial charge in [-0.1, -0.05) is 0 Å². The van der Waals surface area contributed by atoms with Gasteiger partial charge in [-0.3, -0.25) is 0 Å². The first kappa shape index (κ1) is 7.42. The van der Waals surface area contributed by atoms with Crippen molar-refractivity contribution in [1.82, 2.24) is 0 Å². The molecule has 1 nitrogen and oxygen atoms in total. The molecule has 1 atom stereocenters. The van der Waals surface area contributed by atoms with Gasteiger partial charge >= 0.3 is 0 Å². The van der Waals surface area contributed by atoms with Crippen LogP contribution in [0.25, 0.3) is 0 Å². The van der Waals surface area contributed by atoms with Crippen LogP contribution < -0.4 is 0 Å². The first-order valence-corrected chi connectivity index (χ1v) is 4.65. The molecule has 0 bridgehead atoms. The smallest absolute Gasteiger partial charge is 0.0983 e. The standard InChI is InChI=1S/C7H16NS/c1-8(2,3)7-4-5-9-6-7/h7H,4-6H2,1-3H3/q+1. The molecule has 0 N–H and O–H groups in total. The van der Waals surface area contributed by atoms with E-state index in [0.717, 1.165) is 10.5 Å². The Bertz CT molecular complexity index is 89.6. The SMILES string of the molecule is C[N+](C)(C)C1CCSC1. The topological polar surface area (TPSA) is 0 Å². The lowest BCUT2D eigenvalue weighted by Gasteiger charge is -2.30. The number of hydrogen-bond donors (Lipinski definition) is 0. The van der Waals surface area contributed by atoms with Gasteiger partial charge in [0.15, 0.2) is 0 Å². The molecule has 1 aliphatic rings. The molecule has 9 heavy (non-hydrogen) atoms. The maximum Gasteiger partial charge on any atom is 0.0983 e. The third kappa shape index (κ3) is 1.87. The van der Waals surface area contributed by atoms with Gasteiger partial charge in [-0.2, -0.15) is 11.8 Å². The molecule has 0 aromatic rings. The van der Waals surface area contributed by atoms with Crippen LogP contribution in [0.2, 0.25) is 0 Å². The van der Waals surface area contributed by atoms with E-state index in [9.17, 15) is 0 Å². The fraction of sp³-hybridized carbons (Fsp3) is 1.00. The van der Waals surface area contributed by atoms with E-state index in [4.69, 9.17) is 0 Å². The molecule has 0 aliphatic carbocycles. The van der Waals surface area contributed by atoms with E-state index >= 15 is 0 Å². The summed E-state index contributed by atoms with van der Waals surface area (Å²) >= 11 is 2.09. The Balaban J connectivity index is 2.42. The summed E-state index contributed by atoms with van der Waals surface area (Å²) in [5, 5.41) is 0. The first-order chi connectivity index (χ1) is 4.11. The summed E-state index contributed by atoms with van der Waals surface area (Å²) < 4.78 is 1.15. The molecule has 0 saturated carbocycles. The molecule has 1 saturated heterocycles. The maximum absolute atomic E-state index is 2.29. The lowest BCUT2D eigenvalue weighted by Crippen LogP contribution is -2.44. The average Bonchev–Trinajstić information content (AvgIpc) is 2.08. The molecule has 54 valence electrons. The number of rotatable bonds is 1. The van der Waals surface area contributed by atoms with Gasteiger partial charge in [-0.15, -0.1) is 0 Å². The average molecular weight is 146 g/mol. The van der Waals surface area contributed by atoms with Gasteiger partial charge in [-0.25, -0.2) is 0 Å². The lowest BCUT2D eigenvalue weighted by atomic mass is 10.2. The highest BCUT2D eigenvalue weighted by molar-refractivity contribution is 7.99. The van der Waals surface area contributed by atoms with Crippen molar-refractivity contribution in [3.8, 4) is 0 Å². The Morgan fingerprint density at radius 3 is 2.22 bits per heavy atom. The minimum Gasteiger partial charge on any atom is -0.328 e. The van der Waals surface area contributed by atoms with Crippen LogP contribution in [-0.2, 0) is 0 Å². The Hall–Kier alpha value is 0.310. The molecule has 0 radical (unpaired) electrons. The molecular weight excluding hydrogens is 130 g/mol. The van der Waals surface area contributed by atoms with Gasteiger partial charge in [-0.05, 0) is 5.75 Å². The van der Waals surface area contributed by atoms with Crippen molar-refractivity contribution in [3.63, 3.8) is 0 Å². The first-order valence-electron chi connectivity index (χ1n) is 3.49. The van der Waals surface area contributed by atoms with Crippen LogP contribution in [0.5, 0.6) is 0 Å². The van der Waals surface area contributed by atoms with Gasteiger partial charge < -0.3 is 4.48 Å². The highest BCUT2D eigenvalue weighted by Gasteiger charge is 2.27. The molecule has 1 unspecified atom stereocenters. The van der Waals surface area contributed by atoms with E-state index in [1.54, 1.807) is 0 Å². The molecular formula is C7H16NS+. The minimum atomic E-state index is 0.912. The third-order valence-corrected chi connectivity index (χ3v) is 3.15. The van der Waals surface area contributed by atoms with E-state index in [1.807, 2.05) is 0 Å².